The number of aliphatic carboxylic acids is 1. The fourth-order valence-electron chi connectivity index (χ4n) is 2.52. The van der Waals surface area contributed by atoms with Crippen molar-refractivity contribution in [1.82, 2.24) is 9.78 Å². The molecule has 0 aliphatic carbocycles. The van der Waals surface area contributed by atoms with Crippen LogP contribution in [0.1, 0.15) is 54.7 Å². The molecule has 6 nitrogen and oxygen atoms in total. The van der Waals surface area contributed by atoms with Crippen LogP contribution in [0.15, 0.2) is 30.5 Å². The Kier molecular flexibility index (Phi) is 6.07. The topological polar surface area (TPSA) is 84.2 Å². The zero-order valence-corrected chi connectivity index (χ0v) is 14.7. The van der Waals surface area contributed by atoms with Gasteiger partial charge in [0.1, 0.15) is 5.69 Å². The summed E-state index contributed by atoms with van der Waals surface area (Å²) < 4.78 is 28.0. The van der Waals surface area contributed by atoms with E-state index in [-0.39, 0.29) is 18.0 Å². The second kappa shape index (κ2) is 8.07. The molecule has 0 saturated carbocycles. The largest absolute Gasteiger partial charge is 0.481 e. The van der Waals surface area contributed by atoms with Gasteiger partial charge in [-0.15, -0.1) is 0 Å². The van der Waals surface area contributed by atoms with Gasteiger partial charge in [-0.25, -0.2) is 8.78 Å². The van der Waals surface area contributed by atoms with E-state index in [1.807, 2.05) is 13.8 Å². The summed E-state index contributed by atoms with van der Waals surface area (Å²) in [5.74, 6) is -2.37. The van der Waals surface area contributed by atoms with Crippen molar-refractivity contribution in [2.24, 2.45) is 5.92 Å². The van der Waals surface area contributed by atoms with Gasteiger partial charge in [-0.2, -0.15) is 5.10 Å². The third-order valence-electron chi connectivity index (χ3n) is 3.88. The molecule has 1 atom stereocenters. The number of hydrogen-bond donors (Lipinski definition) is 2. The number of carboxylic acid groups (broad SMARTS) is 1. The second-order valence-electron chi connectivity index (χ2n) is 6.46. The van der Waals surface area contributed by atoms with E-state index >= 15 is 0 Å². The monoisotopic (exact) mass is 365 g/mol. The van der Waals surface area contributed by atoms with Gasteiger partial charge in [0, 0.05) is 12.2 Å². The summed E-state index contributed by atoms with van der Waals surface area (Å²) in [6.45, 7) is 5.53. The SMILES string of the molecule is CC(C)Cn1ncc(C(=O)Nc2cccc(C(C)C(=O)O)c2)c1C(F)F. The van der Waals surface area contributed by atoms with Gasteiger partial charge in [-0.1, -0.05) is 26.0 Å². The van der Waals surface area contributed by atoms with Crippen LogP contribution in [0.3, 0.4) is 0 Å². The highest BCUT2D eigenvalue weighted by atomic mass is 19.3. The molecule has 2 aromatic rings. The molecule has 2 rings (SSSR count). The molecule has 0 bridgehead atoms. The van der Waals surface area contributed by atoms with Crippen LogP contribution >= 0.6 is 0 Å². The number of benzene rings is 1. The Bertz CT molecular complexity index is 803. The van der Waals surface area contributed by atoms with Crippen molar-refractivity contribution in [3.05, 3.63) is 47.3 Å². The Hall–Kier alpha value is -2.77. The van der Waals surface area contributed by atoms with Gasteiger partial charge in [-0.3, -0.25) is 14.3 Å². The van der Waals surface area contributed by atoms with Crippen molar-refractivity contribution in [3.63, 3.8) is 0 Å². The fourth-order valence-corrected chi connectivity index (χ4v) is 2.52. The van der Waals surface area contributed by atoms with Crippen molar-refractivity contribution < 1.29 is 23.5 Å². The van der Waals surface area contributed by atoms with Crippen molar-refractivity contribution in [2.75, 3.05) is 5.32 Å². The van der Waals surface area contributed by atoms with Crippen LogP contribution in [0.5, 0.6) is 0 Å². The maximum absolute atomic E-state index is 13.4. The number of amides is 1. The van der Waals surface area contributed by atoms with E-state index in [2.05, 4.69) is 10.4 Å². The van der Waals surface area contributed by atoms with Crippen molar-refractivity contribution in [3.8, 4) is 0 Å². The lowest BCUT2D eigenvalue weighted by Gasteiger charge is -2.12. The molecular formula is C18H21F2N3O3. The van der Waals surface area contributed by atoms with Crippen molar-refractivity contribution in [1.29, 1.82) is 0 Å². The minimum atomic E-state index is -2.84. The summed E-state index contributed by atoms with van der Waals surface area (Å²) >= 11 is 0. The summed E-state index contributed by atoms with van der Waals surface area (Å²) in [6, 6.07) is 6.30. The van der Waals surface area contributed by atoms with Crippen LogP contribution in [0.2, 0.25) is 0 Å². The molecule has 8 heteroatoms. The summed E-state index contributed by atoms with van der Waals surface area (Å²) in [6.07, 6.45) is -1.71. The van der Waals surface area contributed by atoms with E-state index in [9.17, 15) is 18.4 Å². The van der Waals surface area contributed by atoms with E-state index in [4.69, 9.17) is 5.11 Å². The molecule has 0 aliphatic rings. The van der Waals surface area contributed by atoms with E-state index in [1.54, 1.807) is 18.2 Å². The van der Waals surface area contributed by atoms with Crippen LogP contribution in [-0.2, 0) is 11.3 Å². The van der Waals surface area contributed by atoms with E-state index in [0.29, 0.717) is 11.3 Å². The quantitative estimate of drug-likeness (QED) is 0.779. The number of hydrogen-bond acceptors (Lipinski definition) is 3. The van der Waals surface area contributed by atoms with Gasteiger partial charge < -0.3 is 10.4 Å². The molecule has 0 saturated heterocycles. The Labute approximate surface area is 149 Å². The Balaban J connectivity index is 2.27. The molecule has 1 heterocycles. The Morgan fingerprint density at radius 1 is 1.27 bits per heavy atom. The third kappa shape index (κ3) is 4.44. The van der Waals surface area contributed by atoms with E-state index < -0.39 is 29.9 Å². The lowest BCUT2D eigenvalue weighted by Crippen LogP contribution is -2.17. The number of carbonyl (C=O) groups is 2. The van der Waals surface area contributed by atoms with E-state index in [1.165, 1.54) is 13.0 Å². The summed E-state index contributed by atoms with van der Waals surface area (Å²) in [5, 5.41) is 15.5. The van der Waals surface area contributed by atoms with Gasteiger partial charge >= 0.3 is 5.97 Å². The smallest absolute Gasteiger partial charge is 0.310 e. The van der Waals surface area contributed by atoms with Gasteiger partial charge in [-0.05, 0) is 30.5 Å². The highest BCUT2D eigenvalue weighted by molar-refractivity contribution is 6.05. The van der Waals surface area contributed by atoms with Crippen LogP contribution in [0, 0.1) is 5.92 Å². The number of alkyl halides is 2. The zero-order chi connectivity index (χ0) is 19.4. The maximum Gasteiger partial charge on any atom is 0.310 e. The van der Waals surface area contributed by atoms with Crippen LogP contribution in [0.4, 0.5) is 14.5 Å². The lowest BCUT2D eigenvalue weighted by molar-refractivity contribution is -0.138. The first kappa shape index (κ1) is 19.6. The highest BCUT2D eigenvalue weighted by Gasteiger charge is 2.25. The van der Waals surface area contributed by atoms with Crippen LogP contribution < -0.4 is 5.32 Å². The second-order valence-corrected chi connectivity index (χ2v) is 6.46. The predicted molar refractivity (Wildman–Crippen MR) is 92.5 cm³/mol. The molecule has 1 amide bonds. The van der Waals surface area contributed by atoms with Gasteiger partial charge in [0.05, 0.1) is 17.7 Å². The average molecular weight is 365 g/mol. The number of rotatable bonds is 7. The number of carbonyl (C=O) groups excluding carboxylic acids is 1. The molecule has 1 aromatic heterocycles. The van der Waals surface area contributed by atoms with Gasteiger partial charge in [0.15, 0.2) is 0 Å². The lowest BCUT2D eigenvalue weighted by atomic mass is 10.0. The number of carboxylic acids is 1. The zero-order valence-electron chi connectivity index (χ0n) is 14.7. The first-order valence-corrected chi connectivity index (χ1v) is 8.18. The predicted octanol–water partition coefficient (Wildman–Crippen LogP) is 3.92. The van der Waals surface area contributed by atoms with Crippen LogP contribution in [-0.4, -0.2) is 26.8 Å². The van der Waals surface area contributed by atoms with Crippen LogP contribution in [0.25, 0.3) is 0 Å². The number of nitrogens with zero attached hydrogens (tertiary/aromatic N) is 2. The van der Waals surface area contributed by atoms with Crippen molar-refractivity contribution in [2.45, 2.75) is 39.7 Å². The molecule has 26 heavy (non-hydrogen) atoms. The van der Waals surface area contributed by atoms with Crippen molar-refractivity contribution >= 4 is 17.6 Å². The molecule has 1 unspecified atom stereocenters. The first-order chi connectivity index (χ1) is 12.2. The molecule has 1 aromatic carbocycles. The number of halogens is 2. The number of aromatic nitrogens is 2. The molecule has 0 fully saturated rings. The minimum absolute atomic E-state index is 0.0949. The number of nitrogens with one attached hydrogen (secondary N) is 1. The third-order valence-corrected chi connectivity index (χ3v) is 3.88. The van der Waals surface area contributed by atoms with E-state index in [0.717, 1.165) is 10.9 Å². The minimum Gasteiger partial charge on any atom is -0.481 e. The molecular weight excluding hydrogens is 344 g/mol. The number of anilines is 1. The Morgan fingerprint density at radius 2 is 1.96 bits per heavy atom. The summed E-state index contributed by atoms with van der Waals surface area (Å²) in [7, 11) is 0. The highest BCUT2D eigenvalue weighted by Crippen LogP contribution is 2.25. The molecule has 0 radical (unpaired) electrons. The molecule has 2 N–H and O–H groups in total. The molecule has 0 spiro atoms. The molecule has 0 aliphatic heterocycles. The fraction of sp³-hybridized carbons (Fsp3) is 0.389. The summed E-state index contributed by atoms with van der Waals surface area (Å²) in [5.41, 5.74) is 0.209. The normalized spacial score (nSPS) is 12.4. The maximum atomic E-state index is 13.4. The first-order valence-electron chi connectivity index (χ1n) is 8.18. The van der Waals surface area contributed by atoms with Gasteiger partial charge in [0.2, 0.25) is 0 Å². The Morgan fingerprint density at radius 3 is 2.54 bits per heavy atom. The average Bonchev–Trinajstić information content (AvgIpc) is 2.97. The molecule has 140 valence electrons. The standard InChI is InChI=1S/C18H21F2N3O3/c1-10(2)9-23-15(16(19)20)14(8-21-23)17(24)22-13-6-4-5-12(7-13)11(3)18(25)26/h4-8,10-11,16H,9H2,1-3H3,(H,22,24)(H,25,26). The summed E-state index contributed by atoms with van der Waals surface area (Å²) in [4.78, 5) is 23.5. The van der Waals surface area contributed by atoms with Gasteiger partial charge in [0.25, 0.3) is 12.3 Å².